The number of thioether (sulfide) groups is 1. The van der Waals surface area contributed by atoms with Gasteiger partial charge < -0.3 is 10.5 Å². The summed E-state index contributed by atoms with van der Waals surface area (Å²) in [5.41, 5.74) is 6.71. The van der Waals surface area contributed by atoms with Crippen LogP contribution in [0.2, 0.25) is 0 Å². The Balaban J connectivity index is 2.36. The summed E-state index contributed by atoms with van der Waals surface area (Å²) in [5, 5.41) is 0. The molecule has 0 saturated carbocycles. The van der Waals surface area contributed by atoms with E-state index >= 15 is 0 Å². The van der Waals surface area contributed by atoms with Gasteiger partial charge in [0.2, 0.25) is 0 Å². The Morgan fingerprint density at radius 1 is 1.62 bits per heavy atom. The van der Waals surface area contributed by atoms with E-state index in [1.807, 2.05) is 6.07 Å². The van der Waals surface area contributed by atoms with Crippen LogP contribution >= 0.6 is 11.8 Å². The monoisotopic (exact) mass is 199 g/mol. The van der Waals surface area contributed by atoms with Crippen molar-refractivity contribution in [2.75, 3.05) is 12.9 Å². The van der Waals surface area contributed by atoms with E-state index in [1.54, 1.807) is 17.8 Å². The highest BCUT2D eigenvalue weighted by molar-refractivity contribution is 8.07. The van der Waals surface area contributed by atoms with Crippen LogP contribution in [0.25, 0.3) is 0 Å². The summed E-state index contributed by atoms with van der Waals surface area (Å²) in [5.74, 6) is 0.772. The van der Waals surface area contributed by atoms with Crippen LogP contribution in [-0.4, -0.2) is 12.9 Å². The molecular weight excluding hydrogens is 189 g/mol. The van der Waals surface area contributed by atoms with Gasteiger partial charge in [-0.25, -0.2) is 4.39 Å². The molecule has 1 atom stereocenters. The van der Waals surface area contributed by atoms with E-state index in [4.69, 9.17) is 10.5 Å². The average molecular weight is 199 g/mol. The highest BCUT2D eigenvalue weighted by atomic mass is 32.2. The second-order valence-corrected chi connectivity index (χ2v) is 4.33. The number of methoxy groups -OCH3 is 1. The van der Waals surface area contributed by atoms with E-state index in [0.29, 0.717) is 0 Å². The number of rotatable bonds is 2. The molecule has 4 heteroatoms. The van der Waals surface area contributed by atoms with Crippen LogP contribution in [0.1, 0.15) is 5.56 Å². The second-order valence-electron chi connectivity index (χ2n) is 3.03. The van der Waals surface area contributed by atoms with E-state index in [1.165, 1.54) is 13.2 Å². The van der Waals surface area contributed by atoms with Crippen molar-refractivity contribution in [3.05, 3.63) is 29.6 Å². The fourth-order valence-corrected chi connectivity index (χ4v) is 1.79. The van der Waals surface area contributed by atoms with Crippen LogP contribution in [0.5, 0.6) is 5.75 Å². The third-order valence-corrected chi connectivity index (χ3v) is 3.24. The number of nitrogens with two attached hydrogens (primary N) is 1. The number of hydrogen-bond acceptors (Lipinski definition) is 3. The fraction of sp³-hybridized carbons (Fsp3) is 0.333. The Bertz CT molecular complexity index is 338. The fourth-order valence-electron chi connectivity index (χ4n) is 1.17. The van der Waals surface area contributed by atoms with Gasteiger partial charge in [0.25, 0.3) is 0 Å². The van der Waals surface area contributed by atoms with Crippen LogP contribution in [0.4, 0.5) is 4.39 Å². The van der Waals surface area contributed by atoms with Crippen molar-refractivity contribution >= 4 is 11.8 Å². The van der Waals surface area contributed by atoms with E-state index in [-0.39, 0.29) is 16.4 Å². The average Bonchev–Trinajstić information content (AvgIpc) is 2.85. The predicted octanol–water partition coefficient (Wildman–Crippen LogP) is 1.69. The standard InChI is InChI=1S/C9H10FNOS/c1-12-8-3-2-6(4-7(8)10)9(11)5-13-9/h2-4H,5,11H2,1H3. The van der Waals surface area contributed by atoms with Crippen molar-refractivity contribution in [3.8, 4) is 5.75 Å². The lowest BCUT2D eigenvalue weighted by Crippen LogP contribution is -2.19. The van der Waals surface area contributed by atoms with Crippen molar-refractivity contribution in [3.63, 3.8) is 0 Å². The summed E-state index contributed by atoms with van der Waals surface area (Å²) in [7, 11) is 1.45. The summed E-state index contributed by atoms with van der Waals surface area (Å²) in [6.45, 7) is 0. The topological polar surface area (TPSA) is 35.2 Å². The van der Waals surface area contributed by atoms with Gasteiger partial charge in [-0.2, -0.15) is 0 Å². The first-order valence-corrected chi connectivity index (χ1v) is 4.91. The smallest absolute Gasteiger partial charge is 0.165 e. The summed E-state index contributed by atoms with van der Waals surface area (Å²) in [4.78, 5) is -0.354. The minimum absolute atomic E-state index is 0.262. The maximum Gasteiger partial charge on any atom is 0.165 e. The number of halogens is 1. The normalized spacial score (nSPS) is 25.8. The quantitative estimate of drug-likeness (QED) is 0.736. The van der Waals surface area contributed by atoms with Gasteiger partial charge in [-0.1, -0.05) is 6.07 Å². The van der Waals surface area contributed by atoms with Crippen molar-refractivity contribution in [1.29, 1.82) is 0 Å². The molecule has 0 amide bonds. The lowest BCUT2D eigenvalue weighted by Gasteiger charge is -2.08. The minimum atomic E-state index is -0.354. The zero-order chi connectivity index (χ0) is 9.47. The molecule has 70 valence electrons. The molecule has 0 aromatic heterocycles. The van der Waals surface area contributed by atoms with Gasteiger partial charge in [-0.15, -0.1) is 11.8 Å². The maximum absolute atomic E-state index is 13.2. The third-order valence-electron chi connectivity index (χ3n) is 2.10. The lowest BCUT2D eigenvalue weighted by atomic mass is 10.1. The largest absolute Gasteiger partial charge is 0.494 e. The minimum Gasteiger partial charge on any atom is -0.494 e. The van der Waals surface area contributed by atoms with Gasteiger partial charge in [0, 0.05) is 5.75 Å². The SMILES string of the molecule is COc1ccc(C2(N)CS2)cc1F. The Morgan fingerprint density at radius 3 is 2.77 bits per heavy atom. The molecule has 0 spiro atoms. The highest BCUT2D eigenvalue weighted by Crippen LogP contribution is 2.48. The third kappa shape index (κ3) is 1.51. The molecule has 1 aliphatic rings. The number of hydrogen-bond donors (Lipinski definition) is 1. The summed E-state index contributed by atoms with van der Waals surface area (Å²) in [6.07, 6.45) is 0. The molecule has 0 radical (unpaired) electrons. The van der Waals surface area contributed by atoms with E-state index in [2.05, 4.69) is 0 Å². The summed E-state index contributed by atoms with van der Waals surface area (Å²) < 4.78 is 18.0. The van der Waals surface area contributed by atoms with Crippen LogP contribution in [0.15, 0.2) is 18.2 Å². The predicted molar refractivity (Wildman–Crippen MR) is 51.3 cm³/mol. The summed E-state index contributed by atoms with van der Waals surface area (Å²) >= 11 is 1.62. The molecule has 2 nitrogen and oxygen atoms in total. The van der Waals surface area contributed by atoms with Crippen LogP contribution in [0.3, 0.4) is 0 Å². The molecule has 1 unspecified atom stereocenters. The molecule has 1 fully saturated rings. The van der Waals surface area contributed by atoms with Crippen molar-refractivity contribution in [1.82, 2.24) is 0 Å². The molecule has 2 N–H and O–H groups in total. The second kappa shape index (κ2) is 2.89. The lowest BCUT2D eigenvalue weighted by molar-refractivity contribution is 0.386. The molecule has 0 aliphatic carbocycles. The van der Waals surface area contributed by atoms with Gasteiger partial charge >= 0.3 is 0 Å². The van der Waals surface area contributed by atoms with Crippen molar-refractivity contribution in [2.45, 2.75) is 4.87 Å². The molecule has 0 bridgehead atoms. The summed E-state index contributed by atoms with van der Waals surface area (Å²) in [6, 6.07) is 4.86. The number of benzene rings is 1. The molecular formula is C9H10FNOS. The van der Waals surface area contributed by atoms with Gasteiger partial charge in [0.15, 0.2) is 11.6 Å². The first kappa shape index (κ1) is 8.84. The van der Waals surface area contributed by atoms with Crippen molar-refractivity contribution < 1.29 is 9.13 Å². The van der Waals surface area contributed by atoms with Gasteiger partial charge in [-0.3, -0.25) is 0 Å². The highest BCUT2D eigenvalue weighted by Gasteiger charge is 2.41. The molecule has 1 aliphatic heterocycles. The Hall–Kier alpha value is -0.740. The van der Waals surface area contributed by atoms with Gasteiger partial charge in [0.1, 0.15) is 0 Å². The molecule has 1 saturated heterocycles. The first-order chi connectivity index (χ1) is 6.15. The van der Waals surface area contributed by atoms with E-state index in [9.17, 15) is 4.39 Å². The Labute approximate surface area is 80.3 Å². The molecule has 1 aromatic carbocycles. The van der Waals surface area contributed by atoms with E-state index in [0.717, 1.165) is 11.3 Å². The molecule has 13 heavy (non-hydrogen) atoms. The first-order valence-electron chi connectivity index (χ1n) is 3.92. The molecule has 1 heterocycles. The molecule has 2 rings (SSSR count). The maximum atomic E-state index is 13.2. The number of ether oxygens (including phenoxy) is 1. The van der Waals surface area contributed by atoms with Crippen LogP contribution in [0, 0.1) is 5.82 Å². The van der Waals surface area contributed by atoms with E-state index < -0.39 is 0 Å². The Morgan fingerprint density at radius 2 is 2.31 bits per heavy atom. The van der Waals surface area contributed by atoms with Crippen molar-refractivity contribution in [2.24, 2.45) is 5.73 Å². The van der Waals surface area contributed by atoms with Crippen LogP contribution in [-0.2, 0) is 4.87 Å². The van der Waals surface area contributed by atoms with Crippen LogP contribution < -0.4 is 10.5 Å². The zero-order valence-corrected chi connectivity index (χ0v) is 8.03. The molecule has 1 aromatic rings. The van der Waals surface area contributed by atoms with Gasteiger partial charge in [-0.05, 0) is 17.7 Å². The zero-order valence-electron chi connectivity index (χ0n) is 7.21. The van der Waals surface area contributed by atoms with Gasteiger partial charge in [0.05, 0.1) is 12.0 Å². The Kier molecular flexibility index (Phi) is 1.96.